The van der Waals surface area contributed by atoms with Crippen LogP contribution in [0.25, 0.3) is 5.69 Å². The summed E-state index contributed by atoms with van der Waals surface area (Å²) in [5.74, 6) is -0.356. The molecular formula is C13H16ClN5O2. The quantitative estimate of drug-likeness (QED) is 0.871. The maximum absolute atomic E-state index is 11.7. The molecule has 1 aromatic carbocycles. The largest absolute Gasteiger partial charge is 0.459 e. The molecule has 0 saturated heterocycles. The van der Waals surface area contributed by atoms with Crippen molar-refractivity contribution in [2.45, 2.75) is 26.4 Å². The summed E-state index contributed by atoms with van der Waals surface area (Å²) in [4.78, 5) is 11.7. The van der Waals surface area contributed by atoms with Crippen LogP contribution in [0.5, 0.6) is 0 Å². The van der Waals surface area contributed by atoms with Gasteiger partial charge in [-0.25, -0.2) is 0 Å². The lowest BCUT2D eigenvalue weighted by Gasteiger charge is -2.20. The molecule has 0 bridgehead atoms. The van der Waals surface area contributed by atoms with Gasteiger partial charge in [0, 0.05) is 5.02 Å². The van der Waals surface area contributed by atoms with E-state index in [4.69, 9.17) is 16.3 Å². The summed E-state index contributed by atoms with van der Waals surface area (Å²) in [7, 11) is 0. The van der Waals surface area contributed by atoms with Gasteiger partial charge in [0.15, 0.2) is 0 Å². The number of anilines is 1. The predicted molar refractivity (Wildman–Crippen MR) is 78.5 cm³/mol. The normalized spacial score (nSPS) is 11.2. The molecule has 2 rings (SSSR count). The molecule has 7 nitrogen and oxygen atoms in total. The van der Waals surface area contributed by atoms with Crippen molar-refractivity contribution in [2.24, 2.45) is 0 Å². The van der Waals surface area contributed by atoms with Crippen LogP contribution < -0.4 is 5.32 Å². The van der Waals surface area contributed by atoms with E-state index < -0.39 is 5.60 Å². The number of hydrogen-bond acceptors (Lipinski definition) is 6. The molecule has 0 unspecified atom stereocenters. The number of benzene rings is 1. The summed E-state index contributed by atoms with van der Waals surface area (Å²) in [6, 6.07) is 5.18. The van der Waals surface area contributed by atoms with E-state index in [9.17, 15) is 4.79 Å². The highest BCUT2D eigenvalue weighted by Crippen LogP contribution is 2.23. The zero-order chi connectivity index (χ0) is 15.5. The predicted octanol–water partition coefficient (Wildman–Crippen LogP) is 2.07. The summed E-state index contributed by atoms with van der Waals surface area (Å²) in [5, 5.41) is 14.5. The Morgan fingerprint density at radius 3 is 2.81 bits per heavy atom. The van der Waals surface area contributed by atoms with Crippen molar-refractivity contribution in [3.63, 3.8) is 0 Å². The molecule has 0 saturated carbocycles. The van der Waals surface area contributed by atoms with Gasteiger partial charge in [0.25, 0.3) is 0 Å². The molecule has 1 N–H and O–H groups in total. The van der Waals surface area contributed by atoms with E-state index in [0.717, 1.165) is 0 Å². The highest BCUT2D eigenvalue weighted by atomic mass is 35.5. The lowest BCUT2D eigenvalue weighted by atomic mass is 10.2. The number of carbonyl (C=O) groups excluding carboxylic acids is 1. The molecule has 1 heterocycles. The number of esters is 1. The fourth-order valence-electron chi connectivity index (χ4n) is 1.67. The molecule has 0 radical (unpaired) electrons. The monoisotopic (exact) mass is 309 g/mol. The molecule has 0 fully saturated rings. The van der Waals surface area contributed by atoms with E-state index in [-0.39, 0.29) is 12.5 Å². The standard InChI is InChI=1S/C13H16ClN5O2/c1-13(2,3)21-12(20)7-15-10-6-9(14)4-5-11(10)19-8-16-17-18-19/h4-6,8,15H,7H2,1-3H3. The second-order valence-corrected chi connectivity index (χ2v) is 5.79. The number of hydrogen-bond donors (Lipinski definition) is 1. The van der Waals surface area contributed by atoms with E-state index in [1.54, 1.807) is 18.2 Å². The van der Waals surface area contributed by atoms with Gasteiger partial charge in [0.05, 0.1) is 11.4 Å². The number of nitrogens with zero attached hydrogens (tertiary/aromatic N) is 4. The highest BCUT2D eigenvalue weighted by molar-refractivity contribution is 6.31. The zero-order valence-corrected chi connectivity index (χ0v) is 12.8. The Bertz CT molecular complexity index is 622. The van der Waals surface area contributed by atoms with Crippen molar-refractivity contribution in [3.8, 4) is 5.69 Å². The zero-order valence-electron chi connectivity index (χ0n) is 12.0. The minimum absolute atomic E-state index is 0.0206. The molecule has 112 valence electrons. The Balaban J connectivity index is 2.13. The minimum atomic E-state index is -0.522. The minimum Gasteiger partial charge on any atom is -0.459 e. The molecule has 0 aliphatic heterocycles. The van der Waals surface area contributed by atoms with Crippen LogP contribution in [-0.2, 0) is 9.53 Å². The smallest absolute Gasteiger partial charge is 0.325 e. The summed E-state index contributed by atoms with van der Waals surface area (Å²) >= 11 is 5.98. The Morgan fingerprint density at radius 2 is 2.19 bits per heavy atom. The number of rotatable bonds is 4. The molecule has 0 amide bonds. The summed E-state index contributed by atoms with van der Waals surface area (Å²) in [6.07, 6.45) is 1.46. The highest BCUT2D eigenvalue weighted by Gasteiger charge is 2.16. The summed E-state index contributed by atoms with van der Waals surface area (Å²) in [6.45, 7) is 5.47. The second-order valence-electron chi connectivity index (χ2n) is 5.36. The van der Waals surface area contributed by atoms with E-state index >= 15 is 0 Å². The summed E-state index contributed by atoms with van der Waals surface area (Å²) < 4.78 is 6.72. The molecule has 0 aliphatic carbocycles. The molecule has 0 spiro atoms. The molecule has 21 heavy (non-hydrogen) atoms. The lowest BCUT2D eigenvalue weighted by molar-refractivity contribution is -0.152. The van der Waals surface area contributed by atoms with Gasteiger partial charge < -0.3 is 10.1 Å². The first-order valence-corrected chi connectivity index (χ1v) is 6.71. The molecule has 1 aromatic heterocycles. The third kappa shape index (κ3) is 4.42. The second kappa shape index (κ2) is 6.09. The fraction of sp³-hybridized carbons (Fsp3) is 0.385. The third-order valence-electron chi connectivity index (χ3n) is 2.40. The first-order valence-electron chi connectivity index (χ1n) is 6.34. The van der Waals surface area contributed by atoms with Gasteiger partial charge in [0.1, 0.15) is 18.5 Å². The van der Waals surface area contributed by atoms with Crippen LogP contribution in [0.1, 0.15) is 20.8 Å². The Morgan fingerprint density at radius 1 is 1.43 bits per heavy atom. The molecule has 0 aliphatic rings. The topological polar surface area (TPSA) is 81.9 Å². The lowest BCUT2D eigenvalue weighted by Crippen LogP contribution is -2.28. The Kier molecular flexibility index (Phi) is 4.42. The van der Waals surface area contributed by atoms with Gasteiger partial charge in [0.2, 0.25) is 0 Å². The van der Waals surface area contributed by atoms with Gasteiger partial charge in [-0.1, -0.05) is 11.6 Å². The van der Waals surface area contributed by atoms with Crippen LogP contribution in [0.4, 0.5) is 5.69 Å². The Hall–Kier alpha value is -2.15. The average molecular weight is 310 g/mol. The molecular weight excluding hydrogens is 294 g/mol. The third-order valence-corrected chi connectivity index (χ3v) is 2.63. The maximum atomic E-state index is 11.7. The van der Waals surface area contributed by atoms with Crippen molar-refractivity contribution in [1.29, 1.82) is 0 Å². The van der Waals surface area contributed by atoms with Crippen molar-refractivity contribution >= 4 is 23.3 Å². The van der Waals surface area contributed by atoms with Gasteiger partial charge in [-0.3, -0.25) is 4.79 Å². The van der Waals surface area contributed by atoms with Crippen molar-refractivity contribution in [1.82, 2.24) is 20.2 Å². The average Bonchev–Trinajstić information content (AvgIpc) is 2.88. The van der Waals surface area contributed by atoms with Crippen LogP contribution in [0, 0.1) is 0 Å². The van der Waals surface area contributed by atoms with Gasteiger partial charge in [-0.15, -0.1) is 5.10 Å². The number of halogens is 1. The Labute approximate surface area is 127 Å². The van der Waals surface area contributed by atoms with Crippen molar-refractivity contribution in [3.05, 3.63) is 29.5 Å². The first-order chi connectivity index (χ1) is 9.85. The number of nitrogens with one attached hydrogen (secondary N) is 1. The van der Waals surface area contributed by atoms with Gasteiger partial charge in [-0.05, 0) is 49.4 Å². The van der Waals surface area contributed by atoms with Crippen LogP contribution in [0.2, 0.25) is 5.02 Å². The fourth-order valence-corrected chi connectivity index (χ4v) is 1.84. The van der Waals surface area contributed by atoms with E-state index in [0.29, 0.717) is 16.4 Å². The van der Waals surface area contributed by atoms with Crippen LogP contribution in [0.3, 0.4) is 0 Å². The van der Waals surface area contributed by atoms with Crippen LogP contribution in [0.15, 0.2) is 24.5 Å². The number of carbonyl (C=O) groups is 1. The maximum Gasteiger partial charge on any atom is 0.325 e. The van der Waals surface area contributed by atoms with Crippen molar-refractivity contribution in [2.75, 3.05) is 11.9 Å². The SMILES string of the molecule is CC(C)(C)OC(=O)CNc1cc(Cl)ccc1-n1cnnn1. The number of ether oxygens (including phenoxy) is 1. The van der Waals surface area contributed by atoms with E-state index in [2.05, 4.69) is 20.8 Å². The number of tetrazole rings is 1. The summed E-state index contributed by atoms with van der Waals surface area (Å²) in [5.41, 5.74) is 0.805. The van der Waals surface area contributed by atoms with E-state index in [1.165, 1.54) is 11.0 Å². The van der Waals surface area contributed by atoms with Gasteiger partial charge in [-0.2, -0.15) is 4.68 Å². The van der Waals surface area contributed by atoms with Crippen LogP contribution >= 0.6 is 11.6 Å². The van der Waals surface area contributed by atoms with Crippen LogP contribution in [-0.4, -0.2) is 38.3 Å². The van der Waals surface area contributed by atoms with Gasteiger partial charge >= 0.3 is 5.97 Å². The number of aromatic nitrogens is 4. The molecule has 8 heteroatoms. The molecule has 2 aromatic rings. The first kappa shape index (κ1) is 15.2. The van der Waals surface area contributed by atoms with Crippen molar-refractivity contribution < 1.29 is 9.53 Å². The molecule has 0 atom stereocenters. The van der Waals surface area contributed by atoms with E-state index in [1.807, 2.05) is 20.8 Å².